The fourth-order valence-electron chi connectivity index (χ4n) is 2.31. The Morgan fingerprint density at radius 3 is 3.00 bits per heavy atom. The van der Waals surface area contributed by atoms with E-state index in [0.717, 1.165) is 37.8 Å². The van der Waals surface area contributed by atoms with Crippen LogP contribution in [0.3, 0.4) is 0 Å². The zero-order valence-electron chi connectivity index (χ0n) is 11.0. The van der Waals surface area contributed by atoms with Gasteiger partial charge in [0.15, 0.2) is 0 Å². The van der Waals surface area contributed by atoms with Crippen LogP contribution in [-0.4, -0.2) is 45.8 Å². The minimum atomic E-state index is 0.482. The Morgan fingerprint density at radius 1 is 1.37 bits per heavy atom. The summed E-state index contributed by atoms with van der Waals surface area (Å²) in [5, 5.41) is 10.8. The first kappa shape index (κ1) is 12.1. The number of aromatic amines is 1. The van der Waals surface area contributed by atoms with Gasteiger partial charge in [-0.2, -0.15) is 4.98 Å². The molecule has 1 atom stereocenters. The second kappa shape index (κ2) is 5.36. The molecule has 19 heavy (non-hydrogen) atoms. The molecule has 1 aliphatic rings. The van der Waals surface area contributed by atoms with Gasteiger partial charge in [-0.1, -0.05) is 0 Å². The van der Waals surface area contributed by atoms with Crippen molar-refractivity contribution < 1.29 is 0 Å². The van der Waals surface area contributed by atoms with Gasteiger partial charge in [-0.05, 0) is 24.6 Å². The Morgan fingerprint density at radius 2 is 2.21 bits per heavy atom. The number of aromatic nitrogens is 4. The van der Waals surface area contributed by atoms with Crippen LogP contribution in [0.4, 0.5) is 5.95 Å². The molecule has 2 N–H and O–H groups in total. The van der Waals surface area contributed by atoms with Gasteiger partial charge in [-0.3, -0.25) is 10.1 Å². The fourth-order valence-corrected chi connectivity index (χ4v) is 2.31. The summed E-state index contributed by atoms with van der Waals surface area (Å²) >= 11 is 0. The predicted octanol–water partition coefficient (Wildman–Crippen LogP) is 0.589. The lowest BCUT2D eigenvalue weighted by Gasteiger charge is -2.30. The Bertz CT molecular complexity index is 523. The van der Waals surface area contributed by atoms with E-state index >= 15 is 0 Å². The fraction of sp³-hybridized carbons (Fsp3) is 0.462. The van der Waals surface area contributed by atoms with Crippen LogP contribution in [0.5, 0.6) is 0 Å². The topological polar surface area (TPSA) is 69.7 Å². The van der Waals surface area contributed by atoms with Crippen LogP contribution in [0.1, 0.15) is 18.3 Å². The van der Waals surface area contributed by atoms with Crippen molar-refractivity contribution in [1.82, 2.24) is 25.5 Å². The van der Waals surface area contributed by atoms with E-state index in [0.29, 0.717) is 6.04 Å². The lowest BCUT2D eigenvalue weighted by Crippen LogP contribution is -2.49. The maximum atomic E-state index is 4.57. The van der Waals surface area contributed by atoms with Gasteiger partial charge in [-0.25, -0.2) is 0 Å². The number of hydrogen-bond acceptors (Lipinski definition) is 5. The molecular formula is C13H18N6. The van der Waals surface area contributed by atoms with Crippen LogP contribution in [0, 0.1) is 0 Å². The average molecular weight is 258 g/mol. The molecule has 1 aliphatic heterocycles. The third kappa shape index (κ3) is 2.90. The molecule has 100 valence electrons. The first-order chi connectivity index (χ1) is 9.31. The van der Waals surface area contributed by atoms with Crippen molar-refractivity contribution >= 4 is 5.95 Å². The van der Waals surface area contributed by atoms with Crippen molar-refractivity contribution in [3.8, 4) is 0 Å². The SMILES string of the molecule is CC1CN(c2n[nH]c(Cc3ccncc3)n2)CCN1. The summed E-state index contributed by atoms with van der Waals surface area (Å²) < 4.78 is 0. The third-order valence-electron chi connectivity index (χ3n) is 3.29. The molecule has 3 rings (SSSR count). The Hall–Kier alpha value is -1.95. The van der Waals surface area contributed by atoms with E-state index in [2.05, 4.69) is 37.3 Å². The summed E-state index contributed by atoms with van der Waals surface area (Å²) in [6.07, 6.45) is 4.35. The maximum absolute atomic E-state index is 4.57. The van der Waals surface area contributed by atoms with E-state index in [1.165, 1.54) is 5.56 Å². The maximum Gasteiger partial charge on any atom is 0.244 e. The van der Waals surface area contributed by atoms with Crippen LogP contribution in [-0.2, 0) is 6.42 Å². The van der Waals surface area contributed by atoms with Crippen LogP contribution in [0.2, 0.25) is 0 Å². The van der Waals surface area contributed by atoms with Crippen molar-refractivity contribution in [3.05, 3.63) is 35.9 Å². The molecule has 0 amide bonds. The van der Waals surface area contributed by atoms with Gasteiger partial charge in [0.25, 0.3) is 0 Å². The number of anilines is 1. The van der Waals surface area contributed by atoms with E-state index in [1.807, 2.05) is 12.1 Å². The van der Waals surface area contributed by atoms with Gasteiger partial charge in [-0.15, -0.1) is 5.10 Å². The zero-order valence-corrected chi connectivity index (χ0v) is 11.0. The molecule has 0 radical (unpaired) electrons. The number of H-pyrrole nitrogens is 1. The van der Waals surface area contributed by atoms with E-state index in [9.17, 15) is 0 Å². The first-order valence-corrected chi connectivity index (χ1v) is 6.60. The lowest BCUT2D eigenvalue weighted by molar-refractivity contribution is 0.480. The molecule has 1 unspecified atom stereocenters. The molecule has 0 spiro atoms. The highest BCUT2D eigenvalue weighted by Gasteiger charge is 2.19. The molecule has 2 aromatic rings. The summed E-state index contributed by atoms with van der Waals surface area (Å²) in [5.74, 6) is 1.70. The largest absolute Gasteiger partial charge is 0.337 e. The lowest BCUT2D eigenvalue weighted by atomic mass is 10.2. The number of piperazine rings is 1. The first-order valence-electron chi connectivity index (χ1n) is 6.60. The van der Waals surface area contributed by atoms with Crippen molar-refractivity contribution in [2.75, 3.05) is 24.5 Å². The van der Waals surface area contributed by atoms with Gasteiger partial charge in [0, 0.05) is 44.5 Å². The summed E-state index contributed by atoms with van der Waals surface area (Å²) in [6, 6.07) is 4.47. The summed E-state index contributed by atoms with van der Waals surface area (Å²) in [4.78, 5) is 10.8. The molecular weight excluding hydrogens is 240 g/mol. The van der Waals surface area contributed by atoms with Crippen molar-refractivity contribution in [2.24, 2.45) is 0 Å². The van der Waals surface area contributed by atoms with E-state index < -0.39 is 0 Å². The molecule has 2 aromatic heterocycles. The monoisotopic (exact) mass is 258 g/mol. The second-order valence-electron chi connectivity index (χ2n) is 4.92. The van der Waals surface area contributed by atoms with E-state index in [1.54, 1.807) is 12.4 Å². The highest BCUT2D eigenvalue weighted by molar-refractivity contribution is 5.31. The molecule has 1 saturated heterocycles. The number of rotatable bonds is 3. The molecule has 3 heterocycles. The Labute approximate surface area is 112 Å². The van der Waals surface area contributed by atoms with Crippen molar-refractivity contribution in [1.29, 1.82) is 0 Å². The molecule has 0 aromatic carbocycles. The number of pyridine rings is 1. The predicted molar refractivity (Wildman–Crippen MR) is 73.1 cm³/mol. The molecule has 0 saturated carbocycles. The zero-order chi connectivity index (χ0) is 13.1. The van der Waals surface area contributed by atoms with Gasteiger partial charge < -0.3 is 10.2 Å². The van der Waals surface area contributed by atoms with Gasteiger partial charge in [0.2, 0.25) is 5.95 Å². The molecule has 6 nitrogen and oxygen atoms in total. The van der Waals surface area contributed by atoms with Crippen LogP contribution >= 0.6 is 0 Å². The highest BCUT2D eigenvalue weighted by Crippen LogP contribution is 2.12. The summed E-state index contributed by atoms with van der Waals surface area (Å²) in [7, 11) is 0. The van der Waals surface area contributed by atoms with E-state index in [-0.39, 0.29) is 0 Å². The van der Waals surface area contributed by atoms with Gasteiger partial charge in [0.1, 0.15) is 5.82 Å². The second-order valence-corrected chi connectivity index (χ2v) is 4.92. The standard InChI is InChI=1S/C13H18N6/c1-10-9-19(7-6-15-10)13-16-12(17-18-13)8-11-2-4-14-5-3-11/h2-5,10,15H,6-9H2,1H3,(H,16,17,18). The van der Waals surface area contributed by atoms with E-state index in [4.69, 9.17) is 0 Å². The molecule has 0 bridgehead atoms. The quantitative estimate of drug-likeness (QED) is 0.843. The minimum absolute atomic E-state index is 0.482. The minimum Gasteiger partial charge on any atom is -0.337 e. The Balaban J connectivity index is 1.69. The van der Waals surface area contributed by atoms with Gasteiger partial charge >= 0.3 is 0 Å². The van der Waals surface area contributed by atoms with Crippen LogP contribution in [0.25, 0.3) is 0 Å². The van der Waals surface area contributed by atoms with Crippen LogP contribution < -0.4 is 10.2 Å². The van der Waals surface area contributed by atoms with Gasteiger partial charge in [0.05, 0.1) is 0 Å². The average Bonchev–Trinajstić information content (AvgIpc) is 2.88. The smallest absolute Gasteiger partial charge is 0.244 e. The Kier molecular flexibility index (Phi) is 3.41. The summed E-state index contributed by atoms with van der Waals surface area (Å²) in [6.45, 7) is 5.07. The highest BCUT2D eigenvalue weighted by atomic mass is 15.4. The normalized spacial score (nSPS) is 19.6. The summed E-state index contributed by atoms with van der Waals surface area (Å²) in [5.41, 5.74) is 1.19. The molecule has 6 heteroatoms. The van der Waals surface area contributed by atoms with Crippen molar-refractivity contribution in [2.45, 2.75) is 19.4 Å². The molecule has 1 fully saturated rings. The number of nitrogens with one attached hydrogen (secondary N) is 2. The van der Waals surface area contributed by atoms with Crippen molar-refractivity contribution in [3.63, 3.8) is 0 Å². The number of nitrogens with zero attached hydrogens (tertiary/aromatic N) is 4. The molecule has 0 aliphatic carbocycles. The third-order valence-corrected chi connectivity index (χ3v) is 3.29. The number of hydrogen-bond donors (Lipinski definition) is 2. The van der Waals surface area contributed by atoms with Crippen LogP contribution in [0.15, 0.2) is 24.5 Å².